The van der Waals surface area contributed by atoms with E-state index in [0.29, 0.717) is 42.0 Å². The number of thiazole rings is 1. The lowest BCUT2D eigenvalue weighted by atomic mass is 9.95. The van der Waals surface area contributed by atoms with E-state index >= 15 is 0 Å². The Kier molecular flexibility index (Phi) is 8.92. The highest BCUT2D eigenvalue weighted by atomic mass is 79.9. The van der Waals surface area contributed by atoms with Crippen molar-refractivity contribution in [3.05, 3.63) is 128 Å². The third-order valence-electron chi connectivity index (χ3n) is 6.74. The average molecular weight is 707 g/mol. The van der Waals surface area contributed by atoms with Crippen molar-refractivity contribution in [3.8, 4) is 11.8 Å². The first kappa shape index (κ1) is 29.7. The molecule has 0 fully saturated rings. The number of rotatable bonds is 7. The first-order valence-electron chi connectivity index (χ1n) is 13.1. The second-order valence-corrected chi connectivity index (χ2v) is 12.4. The SMILES string of the molecule is CCOC(=O)C1=C(C)N=c2s/c(=C\c3cc(Br)cc(Br)c3OCc3ccccc3C#N)c(=O)n2[C@H]1c1ccc(C)cc1. The van der Waals surface area contributed by atoms with Crippen molar-refractivity contribution < 1.29 is 14.3 Å². The summed E-state index contributed by atoms with van der Waals surface area (Å²) < 4.78 is 15.1. The summed E-state index contributed by atoms with van der Waals surface area (Å²) in [6.45, 7) is 5.87. The molecule has 1 aliphatic rings. The molecular formula is C32H25Br2N3O4S. The summed E-state index contributed by atoms with van der Waals surface area (Å²) in [5, 5.41) is 9.48. The van der Waals surface area contributed by atoms with Crippen molar-refractivity contribution in [1.82, 2.24) is 4.57 Å². The zero-order valence-corrected chi connectivity index (χ0v) is 27.0. The molecule has 1 aromatic heterocycles. The van der Waals surface area contributed by atoms with Crippen molar-refractivity contribution in [2.75, 3.05) is 6.61 Å². The van der Waals surface area contributed by atoms with Crippen LogP contribution in [0.5, 0.6) is 5.75 Å². The Balaban J connectivity index is 1.65. The van der Waals surface area contributed by atoms with Crippen LogP contribution in [0.25, 0.3) is 6.08 Å². The molecule has 0 saturated carbocycles. The number of halogens is 2. The van der Waals surface area contributed by atoms with E-state index < -0.39 is 12.0 Å². The van der Waals surface area contributed by atoms with Crippen molar-refractivity contribution in [2.45, 2.75) is 33.4 Å². The molecule has 10 heteroatoms. The summed E-state index contributed by atoms with van der Waals surface area (Å²) in [7, 11) is 0. The van der Waals surface area contributed by atoms with E-state index in [1.54, 1.807) is 30.6 Å². The van der Waals surface area contributed by atoms with Crippen LogP contribution in [0.2, 0.25) is 0 Å². The Morgan fingerprint density at radius 3 is 2.60 bits per heavy atom. The lowest BCUT2D eigenvalue weighted by Crippen LogP contribution is -2.39. The number of nitrogens with zero attached hydrogens (tertiary/aromatic N) is 3. The van der Waals surface area contributed by atoms with E-state index in [1.807, 2.05) is 61.5 Å². The maximum atomic E-state index is 14.1. The predicted molar refractivity (Wildman–Crippen MR) is 169 cm³/mol. The largest absolute Gasteiger partial charge is 0.487 e. The third-order valence-corrected chi connectivity index (χ3v) is 8.77. The van der Waals surface area contributed by atoms with Gasteiger partial charge in [0.15, 0.2) is 4.80 Å². The van der Waals surface area contributed by atoms with Gasteiger partial charge in [0.25, 0.3) is 5.56 Å². The summed E-state index contributed by atoms with van der Waals surface area (Å²) >= 11 is 8.38. The summed E-state index contributed by atoms with van der Waals surface area (Å²) in [5.74, 6) is 0.0260. The van der Waals surface area contributed by atoms with Gasteiger partial charge in [0, 0.05) is 15.6 Å². The van der Waals surface area contributed by atoms with E-state index in [-0.39, 0.29) is 18.8 Å². The highest BCUT2D eigenvalue weighted by Crippen LogP contribution is 2.35. The van der Waals surface area contributed by atoms with E-state index in [2.05, 4.69) is 42.9 Å². The fourth-order valence-corrected chi connectivity index (χ4v) is 7.15. The molecule has 2 heterocycles. The number of aromatic nitrogens is 1. The van der Waals surface area contributed by atoms with Crippen LogP contribution in [-0.4, -0.2) is 17.1 Å². The molecule has 0 amide bonds. The summed E-state index contributed by atoms with van der Waals surface area (Å²) in [4.78, 5) is 32.3. The highest BCUT2D eigenvalue weighted by Gasteiger charge is 2.33. The summed E-state index contributed by atoms with van der Waals surface area (Å²) in [6, 6.07) is 20.2. The van der Waals surface area contributed by atoms with Gasteiger partial charge in [0.1, 0.15) is 12.4 Å². The molecule has 1 aliphatic heterocycles. The first-order valence-corrected chi connectivity index (χ1v) is 15.5. The smallest absolute Gasteiger partial charge is 0.338 e. The van der Waals surface area contributed by atoms with Crippen LogP contribution in [0.4, 0.5) is 0 Å². The van der Waals surface area contributed by atoms with Crippen molar-refractivity contribution >= 4 is 55.2 Å². The number of hydrogen-bond acceptors (Lipinski definition) is 7. The monoisotopic (exact) mass is 705 g/mol. The maximum absolute atomic E-state index is 14.1. The molecule has 4 aromatic rings. The van der Waals surface area contributed by atoms with E-state index in [1.165, 1.54) is 11.3 Å². The molecule has 212 valence electrons. The van der Waals surface area contributed by atoms with Crippen LogP contribution < -0.4 is 19.6 Å². The highest BCUT2D eigenvalue weighted by molar-refractivity contribution is 9.11. The summed E-state index contributed by atoms with van der Waals surface area (Å²) in [6.07, 6.45) is 1.76. The number of hydrogen-bond donors (Lipinski definition) is 0. The predicted octanol–water partition coefficient (Wildman–Crippen LogP) is 6.08. The Hall–Kier alpha value is -3.78. The van der Waals surface area contributed by atoms with Crippen LogP contribution >= 0.6 is 43.2 Å². The zero-order valence-electron chi connectivity index (χ0n) is 23.0. The number of carbonyl (C=O) groups is 1. The number of aryl methyl sites for hydroxylation is 1. The Morgan fingerprint density at radius 2 is 1.88 bits per heavy atom. The second kappa shape index (κ2) is 12.6. The molecule has 0 bridgehead atoms. The van der Waals surface area contributed by atoms with E-state index in [9.17, 15) is 14.9 Å². The minimum Gasteiger partial charge on any atom is -0.487 e. The normalized spacial score (nSPS) is 14.7. The van der Waals surface area contributed by atoms with Gasteiger partial charge in [0.05, 0.1) is 44.6 Å². The first-order chi connectivity index (χ1) is 20.2. The topological polar surface area (TPSA) is 93.7 Å². The fourth-order valence-electron chi connectivity index (χ4n) is 4.74. The maximum Gasteiger partial charge on any atom is 0.338 e. The van der Waals surface area contributed by atoms with Crippen LogP contribution in [0.15, 0.2) is 90.7 Å². The molecule has 0 unspecified atom stereocenters. The zero-order chi connectivity index (χ0) is 30.0. The molecule has 42 heavy (non-hydrogen) atoms. The van der Waals surface area contributed by atoms with Gasteiger partial charge in [-0.1, -0.05) is 75.3 Å². The molecular weight excluding hydrogens is 682 g/mol. The van der Waals surface area contributed by atoms with Gasteiger partial charge in [-0.15, -0.1) is 0 Å². The van der Waals surface area contributed by atoms with Gasteiger partial charge in [-0.05, 0) is 66.5 Å². The van der Waals surface area contributed by atoms with E-state index in [0.717, 1.165) is 21.2 Å². The molecule has 0 spiro atoms. The number of ether oxygens (including phenoxy) is 2. The quantitative estimate of drug-likeness (QED) is 0.217. The number of carbonyl (C=O) groups excluding carboxylic acids is 1. The van der Waals surface area contributed by atoms with Crippen molar-refractivity contribution in [1.29, 1.82) is 5.26 Å². The van der Waals surface area contributed by atoms with E-state index in [4.69, 9.17) is 9.47 Å². The van der Waals surface area contributed by atoms with Gasteiger partial charge in [0.2, 0.25) is 0 Å². The molecule has 0 radical (unpaired) electrons. The minimum atomic E-state index is -0.685. The lowest BCUT2D eigenvalue weighted by molar-refractivity contribution is -0.139. The molecule has 5 rings (SSSR count). The molecule has 7 nitrogen and oxygen atoms in total. The van der Waals surface area contributed by atoms with Gasteiger partial charge >= 0.3 is 5.97 Å². The Labute approximate surface area is 263 Å². The van der Waals surface area contributed by atoms with Crippen LogP contribution in [0.3, 0.4) is 0 Å². The van der Waals surface area contributed by atoms with Gasteiger partial charge < -0.3 is 9.47 Å². The van der Waals surface area contributed by atoms with Crippen LogP contribution in [-0.2, 0) is 16.1 Å². The summed E-state index contributed by atoms with van der Waals surface area (Å²) in [5.41, 5.74) is 4.36. The van der Waals surface area contributed by atoms with Gasteiger partial charge in [-0.2, -0.15) is 5.26 Å². The molecule has 0 aliphatic carbocycles. The standard InChI is InChI=1S/C32H25Br2N3O4S/c1-4-40-31(39)27-19(3)36-32-37(28(27)20-11-9-18(2)10-12-20)30(38)26(42-32)14-23-13-24(33)15-25(34)29(23)41-17-22-8-6-5-7-21(22)16-35/h5-15,28H,4,17H2,1-3H3/b26-14-/t28-/m0/s1. The fraction of sp³-hybridized carbons (Fsp3) is 0.188. The second-order valence-electron chi connectivity index (χ2n) is 9.58. The third kappa shape index (κ3) is 5.91. The van der Waals surface area contributed by atoms with Crippen LogP contribution in [0.1, 0.15) is 47.7 Å². The lowest BCUT2D eigenvalue weighted by Gasteiger charge is -2.24. The van der Waals surface area contributed by atoms with Gasteiger partial charge in [-0.3, -0.25) is 9.36 Å². The van der Waals surface area contributed by atoms with Crippen molar-refractivity contribution in [2.24, 2.45) is 4.99 Å². The minimum absolute atomic E-state index is 0.168. The van der Waals surface area contributed by atoms with Gasteiger partial charge in [-0.25, -0.2) is 9.79 Å². The van der Waals surface area contributed by atoms with Crippen molar-refractivity contribution in [3.63, 3.8) is 0 Å². The average Bonchev–Trinajstić information content (AvgIpc) is 3.26. The number of benzene rings is 3. The Morgan fingerprint density at radius 1 is 1.14 bits per heavy atom. The molecule has 0 N–H and O–H groups in total. The molecule has 3 aromatic carbocycles. The number of fused-ring (bicyclic) bond motifs is 1. The molecule has 0 saturated heterocycles. The van der Waals surface area contributed by atoms with Crippen LogP contribution in [0, 0.1) is 18.3 Å². The Bertz CT molecular complexity index is 1950. The molecule has 1 atom stereocenters. The number of allylic oxidation sites excluding steroid dienone is 1. The number of nitriles is 1. The number of esters is 1.